The van der Waals surface area contributed by atoms with E-state index >= 15 is 0 Å². The summed E-state index contributed by atoms with van der Waals surface area (Å²) in [4.78, 5) is 3.74. The van der Waals surface area contributed by atoms with Gasteiger partial charge in [0.2, 0.25) is 5.03 Å². The van der Waals surface area contributed by atoms with Crippen molar-refractivity contribution in [1.82, 2.24) is 19.3 Å². The lowest BCUT2D eigenvalue weighted by Crippen LogP contribution is -2.14. The SMILES string of the molecule is Cn1ccc(NS(=O)(=O)c2ncn(C)c2Cl)n1. The zero-order chi connectivity index (χ0) is 12.6. The number of nitrogens with one attached hydrogen (secondary N) is 1. The van der Waals surface area contributed by atoms with Crippen LogP contribution in [0.5, 0.6) is 0 Å². The molecule has 1 N–H and O–H groups in total. The third kappa shape index (κ3) is 2.27. The molecule has 2 aromatic heterocycles. The van der Waals surface area contributed by atoms with Crippen LogP contribution in [0.1, 0.15) is 0 Å². The lowest BCUT2D eigenvalue weighted by molar-refractivity contribution is 0.598. The molecule has 92 valence electrons. The highest BCUT2D eigenvalue weighted by Crippen LogP contribution is 2.20. The minimum Gasteiger partial charge on any atom is -0.324 e. The molecule has 0 amide bonds. The van der Waals surface area contributed by atoms with Crippen LogP contribution in [0.15, 0.2) is 23.6 Å². The Morgan fingerprint density at radius 2 is 2.12 bits per heavy atom. The highest BCUT2D eigenvalue weighted by molar-refractivity contribution is 7.92. The molecule has 7 nitrogen and oxygen atoms in total. The molecule has 2 aromatic rings. The Bertz CT molecular complexity index is 645. The number of sulfonamides is 1. The van der Waals surface area contributed by atoms with Crippen molar-refractivity contribution in [3.05, 3.63) is 23.7 Å². The molecule has 0 saturated carbocycles. The molecule has 0 aliphatic rings. The smallest absolute Gasteiger partial charge is 0.283 e. The first-order valence-electron chi connectivity index (χ1n) is 4.59. The second-order valence-corrected chi connectivity index (χ2v) is 5.39. The van der Waals surface area contributed by atoms with Crippen LogP contribution in [0.2, 0.25) is 5.15 Å². The quantitative estimate of drug-likeness (QED) is 0.890. The van der Waals surface area contributed by atoms with Gasteiger partial charge in [-0.2, -0.15) is 13.5 Å². The summed E-state index contributed by atoms with van der Waals surface area (Å²) in [6.45, 7) is 0. The summed E-state index contributed by atoms with van der Waals surface area (Å²) in [5.41, 5.74) is 0. The monoisotopic (exact) mass is 275 g/mol. The normalized spacial score (nSPS) is 11.7. The third-order valence-corrected chi connectivity index (χ3v) is 3.88. The molecule has 0 aliphatic carbocycles. The first-order valence-corrected chi connectivity index (χ1v) is 6.45. The van der Waals surface area contributed by atoms with Gasteiger partial charge in [-0.1, -0.05) is 11.6 Å². The van der Waals surface area contributed by atoms with Crippen LogP contribution >= 0.6 is 11.6 Å². The van der Waals surface area contributed by atoms with E-state index in [4.69, 9.17) is 11.6 Å². The van der Waals surface area contributed by atoms with Crippen molar-refractivity contribution in [2.24, 2.45) is 14.1 Å². The van der Waals surface area contributed by atoms with E-state index in [0.717, 1.165) is 0 Å². The number of anilines is 1. The second kappa shape index (κ2) is 4.04. The van der Waals surface area contributed by atoms with Crippen molar-refractivity contribution >= 4 is 27.4 Å². The van der Waals surface area contributed by atoms with Crippen molar-refractivity contribution in [2.75, 3.05) is 4.72 Å². The number of imidazole rings is 1. The average Bonchev–Trinajstić information content (AvgIpc) is 2.75. The van der Waals surface area contributed by atoms with E-state index in [1.807, 2.05) is 0 Å². The summed E-state index contributed by atoms with van der Waals surface area (Å²) < 4.78 is 29.0. The highest BCUT2D eigenvalue weighted by atomic mass is 35.5. The Morgan fingerprint density at radius 1 is 1.41 bits per heavy atom. The van der Waals surface area contributed by atoms with Gasteiger partial charge in [0.25, 0.3) is 10.0 Å². The molecule has 0 spiro atoms. The second-order valence-electron chi connectivity index (χ2n) is 3.43. The van der Waals surface area contributed by atoms with Gasteiger partial charge in [-0.25, -0.2) is 4.98 Å². The number of aromatic nitrogens is 4. The predicted molar refractivity (Wildman–Crippen MR) is 62.2 cm³/mol. The van der Waals surface area contributed by atoms with E-state index < -0.39 is 10.0 Å². The first kappa shape index (κ1) is 11.9. The summed E-state index contributed by atoms with van der Waals surface area (Å²) in [5, 5.41) is 3.74. The lowest BCUT2D eigenvalue weighted by atomic mass is 10.7. The molecule has 0 unspecified atom stereocenters. The van der Waals surface area contributed by atoms with Gasteiger partial charge in [-0.15, -0.1) is 0 Å². The van der Waals surface area contributed by atoms with Crippen LogP contribution in [0.3, 0.4) is 0 Å². The van der Waals surface area contributed by atoms with E-state index in [1.165, 1.54) is 21.6 Å². The maximum atomic E-state index is 11.9. The fraction of sp³-hybridized carbons (Fsp3) is 0.250. The predicted octanol–water partition coefficient (Wildman–Crippen LogP) is 0.608. The fourth-order valence-corrected chi connectivity index (χ4v) is 2.66. The summed E-state index contributed by atoms with van der Waals surface area (Å²) in [7, 11) is -0.507. The van der Waals surface area contributed by atoms with Crippen molar-refractivity contribution in [1.29, 1.82) is 0 Å². The summed E-state index contributed by atoms with van der Waals surface area (Å²) >= 11 is 5.82. The minimum atomic E-state index is -3.80. The third-order valence-electron chi connectivity index (χ3n) is 2.04. The molecular formula is C8H10ClN5O2S. The van der Waals surface area contributed by atoms with Gasteiger partial charge in [0, 0.05) is 26.4 Å². The van der Waals surface area contributed by atoms with E-state index in [-0.39, 0.29) is 16.0 Å². The summed E-state index contributed by atoms with van der Waals surface area (Å²) in [6.07, 6.45) is 2.95. The van der Waals surface area contributed by atoms with E-state index in [9.17, 15) is 8.42 Å². The molecule has 0 aromatic carbocycles. The van der Waals surface area contributed by atoms with E-state index in [2.05, 4.69) is 14.8 Å². The van der Waals surface area contributed by atoms with Crippen LogP contribution in [-0.4, -0.2) is 27.7 Å². The average molecular weight is 276 g/mol. The summed E-state index contributed by atoms with van der Waals surface area (Å²) in [5.74, 6) is 0.217. The van der Waals surface area contributed by atoms with Crippen molar-refractivity contribution in [3.63, 3.8) is 0 Å². The van der Waals surface area contributed by atoms with Crippen LogP contribution in [0.25, 0.3) is 0 Å². The largest absolute Gasteiger partial charge is 0.324 e. The van der Waals surface area contributed by atoms with Gasteiger partial charge < -0.3 is 4.57 Å². The van der Waals surface area contributed by atoms with Gasteiger partial charge in [-0.05, 0) is 0 Å². The topological polar surface area (TPSA) is 81.8 Å². The summed E-state index contributed by atoms with van der Waals surface area (Å²) in [6, 6.07) is 1.54. The number of aryl methyl sites for hydroxylation is 2. The minimum absolute atomic E-state index is 0.0495. The van der Waals surface area contributed by atoms with Gasteiger partial charge in [0.15, 0.2) is 5.82 Å². The standard InChI is InChI=1S/C8H10ClN5O2S/c1-13-5-10-8(7(13)9)17(15,16)12-6-3-4-14(2)11-6/h3-5H,1-2H3,(H,11,12). The molecule has 2 rings (SSSR count). The molecular weight excluding hydrogens is 266 g/mol. The molecule has 0 aliphatic heterocycles. The van der Waals surface area contributed by atoms with Crippen molar-refractivity contribution in [3.8, 4) is 0 Å². The Morgan fingerprint density at radius 3 is 2.59 bits per heavy atom. The Kier molecular flexibility index (Phi) is 2.84. The molecule has 0 fully saturated rings. The van der Waals surface area contributed by atoms with Crippen molar-refractivity contribution < 1.29 is 8.42 Å². The molecule has 0 radical (unpaired) electrons. The van der Waals surface area contributed by atoms with Gasteiger partial charge in [-0.3, -0.25) is 9.40 Å². The number of nitrogens with zero attached hydrogens (tertiary/aromatic N) is 4. The molecule has 0 saturated heterocycles. The van der Waals surface area contributed by atoms with E-state index in [1.54, 1.807) is 20.3 Å². The maximum Gasteiger partial charge on any atom is 0.283 e. The van der Waals surface area contributed by atoms with Gasteiger partial charge in [0.1, 0.15) is 5.15 Å². The Balaban J connectivity index is 2.34. The van der Waals surface area contributed by atoms with Crippen LogP contribution < -0.4 is 4.72 Å². The Labute approximate surface area is 103 Å². The van der Waals surface area contributed by atoms with Crippen LogP contribution in [0.4, 0.5) is 5.82 Å². The van der Waals surface area contributed by atoms with Gasteiger partial charge in [0.05, 0.1) is 6.33 Å². The molecule has 9 heteroatoms. The number of hydrogen-bond donors (Lipinski definition) is 1. The lowest BCUT2D eigenvalue weighted by Gasteiger charge is -2.02. The molecule has 2 heterocycles. The molecule has 0 atom stereocenters. The number of halogens is 1. The molecule has 17 heavy (non-hydrogen) atoms. The maximum absolute atomic E-state index is 11.9. The highest BCUT2D eigenvalue weighted by Gasteiger charge is 2.23. The zero-order valence-corrected chi connectivity index (χ0v) is 10.7. The molecule has 0 bridgehead atoms. The fourth-order valence-electron chi connectivity index (χ4n) is 1.23. The number of rotatable bonds is 3. The number of hydrogen-bond acceptors (Lipinski definition) is 4. The van der Waals surface area contributed by atoms with E-state index in [0.29, 0.717) is 0 Å². The zero-order valence-electron chi connectivity index (χ0n) is 9.12. The van der Waals surface area contributed by atoms with Crippen LogP contribution in [-0.2, 0) is 24.1 Å². The van der Waals surface area contributed by atoms with Gasteiger partial charge >= 0.3 is 0 Å². The van der Waals surface area contributed by atoms with Crippen molar-refractivity contribution in [2.45, 2.75) is 5.03 Å². The first-order chi connectivity index (χ1) is 7.90. The van der Waals surface area contributed by atoms with Crippen LogP contribution in [0, 0.1) is 0 Å². The Hall–Kier alpha value is -1.54.